The predicted molar refractivity (Wildman–Crippen MR) is 80.3 cm³/mol. The summed E-state index contributed by atoms with van der Waals surface area (Å²) in [6.07, 6.45) is 3.58. The Bertz CT molecular complexity index is 470. The third-order valence-corrected chi connectivity index (χ3v) is 3.85. The number of hydrogen-bond acceptors (Lipinski definition) is 3. The Morgan fingerprint density at radius 3 is 3.11 bits per heavy atom. The van der Waals surface area contributed by atoms with Crippen molar-refractivity contribution in [3.63, 3.8) is 0 Å². The van der Waals surface area contributed by atoms with Gasteiger partial charge in [0.25, 0.3) is 0 Å². The van der Waals surface area contributed by atoms with Crippen molar-refractivity contribution in [3.8, 4) is 6.07 Å². The summed E-state index contributed by atoms with van der Waals surface area (Å²) in [5.41, 5.74) is 1.75. The van der Waals surface area contributed by atoms with Crippen LogP contribution in [0.3, 0.4) is 0 Å². The highest BCUT2D eigenvalue weighted by atomic mass is 79.9. The van der Waals surface area contributed by atoms with Gasteiger partial charge in [-0.15, -0.1) is 0 Å². The molecule has 1 saturated heterocycles. The molecule has 1 fully saturated rings. The van der Waals surface area contributed by atoms with E-state index in [0.29, 0.717) is 6.10 Å². The van der Waals surface area contributed by atoms with E-state index in [9.17, 15) is 5.26 Å². The third-order valence-electron chi connectivity index (χ3n) is 3.36. The van der Waals surface area contributed by atoms with Crippen molar-refractivity contribution in [2.24, 2.45) is 0 Å². The van der Waals surface area contributed by atoms with Crippen LogP contribution < -0.4 is 4.90 Å². The van der Waals surface area contributed by atoms with Crippen LogP contribution in [0.25, 0.3) is 0 Å². The van der Waals surface area contributed by atoms with E-state index >= 15 is 0 Å². The molecule has 1 unspecified atom stereocenters. The fourth-order valence-corrected chi connectivity index (χ4v) is 2.79. The van der Waals surface area contributed by atoms with Crippen LogP contribution in [0.4, 0.5) is 5.69 Å². The molecule has 0 amide bonds. The van der Waals surface area contributed by atoms with Crippen molar-refractivity contribution in [1.29, 1.82) is 5.26 Å². The molecule has 0 radical (unpaired) electrons. The topological polar surface area (TPSA) is 36.3 Å². The van der Waals surface area contributed by atoms with Crippen molar-refractivity contribution in [1.82, 2.24) is 0 Å². The van der Waals surface area contributed by atoms with Crippen LogP contribution >= 0.6 is 15.9 Å². The molecule has 3 nitrogen and oxygen atoms in total. The minimum atomic E-state index is 0.291. The first kappa shape index (κ1) is 14.4. The van der Waals surface area contributed by atoms with Crippen molar-refractivity contribution >= 4 is 21.6 Å². The summed E-state index contributed by atoms with van der Waals surface area (Å²) in [6, 6.07) is 8.09. The maximum atomic E-state index is 9.22. The number of anilines is 1. The van der Waals surface area contributed by atoms with Crippen molar-refractivity contribution in [2.75, 3.05) is 24.6 Å². The monoisotopic (exact) mass is 322 g/mol. The first-order valence-corrected chi connectivity index (χ1v) is 7.60. The van der Waals surface area contributed by atoms with Crippen LogP contribution in [0.5, 0.6) is 0 Å². The van der Waals surface area contributed by atoms with E-state index in [-0.39, 0.29) is 0 Å². The van der Waals surface area contributed by atoms with E-state index in [2.05, 4.69) is 33.8 Å². The van der Waals surface area contributed by atoms with E-state index in [1.807, 2.05) is 18.2 Å². The quantitative estimate of drug-likeness (QED) is 0.847. The molecule has 0 aromatic heterocycles. The number of halogens is 1. The molecule has 0 saturated carbocycles. The van der Waals surface area contributed by atoms with Crippen LogP contribution in [0.2, 0.25) is 0 Å². The molecule has 19 heavy (non-hydrogen) atoms. The van der Waals surface area contributed by atoms with Gasteiger partial charge in [-0.3, -0.25) is 0 Å². The summed E-state index contributed by atoms with van der Waals surface area (Å²) < 4.78 is 6.86. The molecule has 1 heterocycles. The zero-order valence-corrected chi connectivity index (χ0v) is 12.8. The van der Waals surface area contributed by atoms with Gasteiger partial charge in [0.15, 0.2) is 0 Å². The Balaban J connectivity index is 2.13. The Labute approximate surface area is 123 Å². The van der Waals surface area contributed by atoms with Gasteiger partial charge in [0, 0.05) is 24.2 Å². The predicted octanol–water partition coefficient (Wildman–Crippen LogP) is 3.72. The van der Waals surface area contributed by atoms with Gasteiger partial charge in [0.2, 0.25) is 0 Å². The summed E-state index contributed by atoms with van der Waals surface area (Å²) in [5.74, 6) is 0. The van der Waals surface area contributed by atoms with Crippen LogP contribution in [0.15, 0.2) is 22.7 Å². The molecule has 102 valence electrons. The number of ether oxygens (including phenoxy) is 1. The number of hydrogen-bond donors (Lipinski definition) is 0. The zero-order valence-electron chi connectivity index (χ0n) is 11.2. The minimum absolute atomic E-state index is 0.291. The Morgan fingerprint density at radius 1 is 1.53 bits per heavy atom. The van der Waals surface area contributed by atoms with E-state index < -0.39 is 0 Å². The van der Waals surface area contributed by atoms with E-state index in [1.54, 1.807) is 0 Å². The van der Waals surface area contributed by atoms with Crippen LogP contribution in [-0.4, -0.2) is 25.8 Å². The highest BCUT2D eigenvalue weighted by Crippen LogP contribution is 2.28. The SMILES string of the molecule is CCCOC1CCCN(c2cc(Br)ccc2C#N)C1. The second-order valence-corrected chi connectivity index (χ2v) is 5.77. The molecule has 0 spiro atoms. The number of nitriles is 1. The maximum Gasteiger partial charge on any atom is 0.101 e. The lowest BCUT2D eigenvalue weighted by molar-refractivity contribution is 0.0440. The fourth-order valence-electron chi connectivity index (χ4n) is 2.44. The van der Waals surface area contributed by atoms with Gasteiger partial charge in [-0.2, -0.15) is 5.26 Å². The number of piperidine rings is 1. The number of benzene rings is 1. The second kappa shape index (κ2) is 6.93. The smallest absolute Gasteiger partial charge is 0.101 e. The highest BCUT2D eigenvalue weighted by molar-refractivity contribution is 9.10. The Morgan fingerprint density at radius 2 is 2.37 bits per heavy atom. The van der Waals surface area contributed by atoms with Crippen molar-refractivity contribution < 1.29 is 4.74 Å². The summed E-state index contributed by atoms with van der Waals surface area (Å²) in [7, 11) is 0. The standard InChI is InChI=1S/C15H19BrN2O/c1-2-8-19-14-4-3-7-18(11-14)15-9-13(16)6-5-12(15)10-17/h5-6,9,14H,2-4,7-8,11H2,1H3. The molecule has 0 aliphatic carbocycles. The third kappa shape index (κ3) is 3.71. The molecule has 1 aromatic carbocycles. The summed E-state index contributed by atoms with van der Waals surface area (Å²) in [6.45, 7) is 4.83. The van der Waals surface area contributed by atoms with Crippen LogP contribution in [0.1, 0.15) is 31.7 Å². The van der Waals surface area contributed by atoms with Crippen LogP contribution in [-0.2, 0) is 4.74 Å². The molecular weight excluding hydrogens is 304 g/mol. The van der Waals surface area contributed by atoms with Crippen LogP contribution in [0, 0.1) is 11.3 Å². The Kier molecular flexibility index (Phi) is 5.24. The summed E-state index contributed by atoms with van der Waals surface area (Å²) in [4.78, 5) is 2.27. The molecule has 1 aliphatic heterocycles. The van der Waals surface area contributed by atoms with Gasteiger partial charge in [0.1, 0.15) is 6.07 Å². The lowest BCUT2D eigenvalue weighted by Crippen LogP contribution is -2.40. The molecular formula is C15H19BrN2O. The lowest BCUT2D eigenvalue weighted by atomic mass is 10.1. The molecule has 1 aliphatic rings. The molecule has 0 N–H and O–H groups in total. The average Bonchev–Trinajstić information content (AvgIpc) is 2.45. The molecule has 2 rings (SSSR count). The average molecular weight is 323 g/mol. The Hall–Kier alpha value is -1.05. The first-order chi connectivity index (χ1) is 9.24. The normalized spacial score (nSPS) is 19.2. The van der Waals surface area contributed by atoms with Crippen molar-refractivity contribution in [2.45, 2.75) is 32.3 Å². The molecule has 1 atom stereocenters. The number of nitrogens with zero attached hydrogens (tertiary/aromatic N) is 2. The van der Waals surface area contributed by atoms with E-state index in [0.717, 1.165) is 54.7 Å². The van der Waals surface area contributed by atoms with Gasteiger partial charge in [-0.05, 0) is 37.5 Å². The second-order valence-electron chi connectivity index (χ2n) is 4.85. The van der Waals surface area contributed by atoms with E-state index in [1.165, 1.54) is 0 Å². The largest absolute Gasteiger partial charge is 0.376 e. The van der Waals surface area contributed by atoms with Gasteiger partial charge in [0.05, 0.1) is 17.4 Å². The van der Waals surface area contributed by atoms with Gasteiger partial charge in [-0.25, -0.2) is 0 Å². The van der Waals surface area contributed by atoms with Gasteiger partial charge >= 0.3 is 0 Å². The van der Waals surface area contributed by atoms with Crippen molar-refractivity contribution in [3.05, 3.63) is 28.2 Å². The van der Waals surface area contributed by atoms with Gasteiger partial charge < -0.3 is 9.64 Å². The summed E-state index contributed by atoms with van der Waals surface area (Å²) in [5, 5.41) is 9.22. The maximum absolute atomic E-state index is 9.22. The fraction of sp³-hybridized carbons (Fsp3) is 0.533. The van der Waals surface area contributed by atoms with E-state index in [4.69, 9.17) is 4.74 Å². The minimum Gasteiger partial charge on any atom is -0.376 e. The molecule has 0 bridgehead atoms. The number of rotatable bonds is 4. The summed E-state index contributed by atoms with van der Waals surface area (Å²) >= 11 is 3.48. The lowest BCUT2D eigenvalue weighted by Gasteiger charge is -2.34. The van der Waals surface area contributed by atoms with Gasteiger partial charge in [-0.1, -0.05) is 22.9 Å². The highest BCUT2D eigenvalue weighted by Gasteiger charge is 2.22. The first-order valence-electron chi connectivity index (χ1n) is 6.80. The zero-order chi connectivity index (χ0) is 13.7. The molecule has 1 aromatic rings. The molecule has 4 heteroatoms.